The average molecular weight is 330 g/mol. The van der Waals surface area contributed by atoms with Crippen molar-refractivity contribution in [3.63, 3.8) is 0 Å². The van der Waals surface area contributed by atoms with Crippen molar-refractivity contribution in [3.05, 3.63) is 23.8 Å². The smallest absolute Gasteiger partial charge is 0.239 e. The Labute approximate surface area is 143 Å². The van der Waals surface area contributed by atoms with E-state index in [1.165, 1.54) is 12.8 Å². The van der Waals surface area contributed by atoms with E-state index >= 15 is 0 Å². The Balaban J connectivity index is 1.77. The lowest BCUT2D eigenvalue weighted by atomic mass is 10.1. The topological polar surface area (TPSA) is 58.6 Å². The Kier molecular flexibility index (Phi) is 5.07. The molecule has 1 N–H and O–H groups in total. The molecule has 1 aromatic rings. The average Bonchev–Trinajstić information content (AvgIpc) is 3.06. The number of hydrogen-bond donors (Lipinski definition) is 1. The van der Waals surface area contributed by atoms with Crippen LogP contribution in [0, 0.1) is 0 Å². The van der Waals surface area contributed by atoms with Crippen molar-refractivity contribution in [2.45, 2.75) is 58.1 Å². The van der Waals surface area contributed by atoms with Crippen LogP contribution < -0.4 is 15.0 Å². The van der Waals surface area contributed by atoms with E-state index in [4.69, 9.17) is 4.74 Å². The first-order chi connectivity index (χ1) is 11.6. The zero-order chi connectivity index (χ0) is 17.1. The van der Waals surface area contributed by atoms with Gasteiger partial charge in [-0.2, -0.15) is 0 Å². The summed E-state index contributed by atoms with van der Waals surface area (Å²) in [6.07, 6.45) is 5.51. The summed E-state index contributed by atoms with van der Waals surface area (Å²) >= 11 is 0. The van der Waals surface area contributed by atoms with Crippen LogP contribution >= 0.6 is 0 Å². The Hall–Kier alpha value is -2.04. The van der Waals surface area contributed by atoms with E-state index in [2.05, 4.69) is 12.2 Å². The van der Waals surface area contributed by atoms with Gasteiger partial charge in [-0.05, 0) is 44.4 Å². The maximum absolute atomic E-state index is 12.4. The summed E-state index contributed by atoms with van der Waals surface area (Å²) in [4.78, 5) is 26.1. The van der Waals surface area contributed by atoms with Crippen LogP contribution in [0.1, 0.15) is 56.3 Å². The highest BCUT2D eigenvalue weighted by Crippen LogP contribution is 2.35. The van der Waals surface area contributed by atoms with Crippen molar-refractivity contribution in [3.8, 4) is 5.75 Å². The van der Waals surface area contributed by atoms with Crippen LogP contribution in [0.25, 0.3) is 0 Å². The Bertz CT molecular complexity index is 623. The Morgan fingerprint density at radius 1 is 1.29 bits per heavy atom. The van der Waals surface area contributed by atoms with Crippen LogP contribution in [0.2, 0.25) is 0 Å². The minimum absolute atomic E-state index is 0.0192. The first-order valence-corrected chi connectivity index (χ1v) is 8.92. The molecule has 0 bridgehead atoms. The number of benzene rings is 1. The molecule has 5 nitrogen and oxygen atoms in total. The molecule has 1 fully saturated rings. The Morgan fingerprint density at radius 2 is 2.04 bits per heavy atom. The van der Waals surface area contributed by atoms with Gasteiger partial charge in [0.05, 0.1) is 18.8 Å². The lowest BCUT2D eigenvalue weighted by Crippen LogP contribution is -2.46. The molecule has 1 heterocycles. The number of carbonyl (C=O) groups is 2. The fourth-order valence-corrected chi connectivity index (χ4v) is 3.52. The number of nitrogens with one attached hydrogen (secondary N) is 1. The number of amides is 1. The quantitative estimate of drug-likeness (QED) is 0.843. The van der Waals surface area contributed by atoms with E-state index in [9.17, 15) is 9.59 Å². The lowest BCUT2D eigenvalue weighted by Gasteiger charge is -2.36. The number of fused-ring (bicyclic) bond motifs is 1. The summed E-state index contributed by atoms with van der Waals surface area (Å²) in [7, 11) is 0. The molecule has 1 aliphatic heterocycles. The zero-order valence-corrected chi connectivity index (χ0v) is 14.5. The third-order valence-corrected chi connectivity index (χ3v) is 4.93. The van der Waals surface area contributed by atoms with E-state index < -0.39 is 0 Å². The van der Waals surface area contributed by atoms with Gasteiger partial charge in [-0.15, -0.1) is 0 Å². The van der Waals surface area contributed by atoms with Gasteiger partial charge in [0.25, 0.3) is 0 Å². The minimum atomic E-state index is 0.0192. The van der Waals surface area contributed by atoms with Crippen LogP contribution in [0.4, 0.5) is 5.69 Å². The normalized spacial score (nSPS) is 20.4. The van der Waals surface area contributed by atoms with Gasteiger partial charge in [-0.3, -0.25) is 9.59 Å². The maximum Gasteiger partial charge on any atom is 0.239 e. The SMILES string of the molecule is CCC1CN(CC(=O)NC2CCCC2)c2cc(C(C)=O)ccc2O1. The number of carbonyl (C=O) groups excluding carboxylic acids is 2. The highest BCUT2D eigenvalue weighted by Gasteiger charge is 2.27. The van der Waals surface area contributed by atoms with Crippen LogP contribution in [0.5, 0.6) is 5.75 Å². The molecule has 1 saturated carbocycles. The van der Waals surface area contributed by atoms with Crippen LogP contribution in [0.15, 0.2) is 18.2 Å². The predicted molar refractivity (Wildman–Crippen MR) is 93.8 cm³/mol. The third-order valence-electron chi connectivity index (χ3n) is 4.93. The number of Topliss-reactive ketones (excluding diaryl/α,β-unsaturated/α-hetero) is 1. The highest BCUT2D eigenvalue weighted by molar-refractivity contribution is 5.96. The Morgan fingerprint density at radius 3 is 2.71 bits per heavy atom. The van der Waals surface area contributed by atoms with Crippen molar-refractivity contribution in [1.82, 2.24) is 5.32 Å². The van der Waals surface area contributed by atoms with Gasteiger partial charge in [0.2, 0.25) is 5.91 Å². The molecular weight excluding hydrogens is 304 g/mol. The summed E-state index contributed by atoms with van der Waals surface area (Å²) in [5, 5.41) is 3.14. The third kappa shape index (κ3) is 3.71. The number of hydrogen-bond acceptors (Lipinski definition) is 4. The molecular formula is C19H26N2O3. The number of rotatable bonds is 5. The molecule has 2 aliphatic rings. The van der Waals surface area contributed by atoms with E-state index in [-0.39, 0.29) is 17.8 Å². The van der Waals surface area contributed by atoms with Gasteiger partial charge in [0, 0.05) is 11.6 Å². The van der Waals surface area contributed by atoms with E-state index in [1.54, 1.807) is 13.0 Å². The molecule has 5 heteroatoms. The minimum Gasteiger partial charge on any atom is -0.486 e. The standard InChI is InChI=1S/C19H26N2O3/c1-3-16-11-21(12-19(23)20-15-6-4-5-7-15)17-10-14(13(2)22)8-9-18(17)24-16/h8-10,15-16H,3-7,11-12H2,1-2H3,(H,20,23). The van der Waals surface area contributed by atoms with Gasteiger partial charge in [0.1, 0.15) is 11.9 Å². The summed E-state index contributed by atoms with van der Waals surface area (Å²) in [5.74, 6) is 0.829. The molecule has 24 heavy (non-hydrogen) atoms. The second kappa shape index (κ2) is 7.24. The largest absolute Gasteiger partial charge is 0.486 e. The van der Waals surface area contributed by atoms with Gasteiger partial charge < -0.3 is 15.0 Å². The van der Waals surface area contributed by atoms with Crippen LogP contribution in [-0.2, 0) is 4.79 Å². The molecule has 1 aromatic carbocycles. The van der Waals surface area contributed by atoms with Gasteiger partial charge in [0.15, 0.2) is 5.78 Å². The summed E-state index contributed by atoms with van der Waals surface area (Å²) < 4.78 is 5.98. The molecule has 0 saturated heterocycles. The van der Waals surface area contributed by atoms with Crippen molar-refractivity contribution in [2.24, 2.45) is 0 Å². The molecule has 0 aromatic heterocycles. The molecule has 3 rings (SSSR count). The fourth-order valence-electron chi connectivity index (χ4n) is 3.52. The summed E-state index contributed by atoms with van der Waals surface area (Å²) in [5.41, 5.74) is 1.49. The van der Waals surface area contributed by atoms with Crippen molar-refractivity contribution < 1.29 is 14.3 Å². The molecule has 1 aliphatic carbocycles. The highest BCUT2D eigenvalue weighted by atomic mass is 16.5. The fraction of sp³-hybridized carbons (Fsp3) is 0.579. The van der Waals surface area contributed by atoms with Crippen molar-refractivity contribution in [2.75, 3.05) is 18.0 Å². The summed E-state index contributed by atoms with van der Waals surface area (Å²) in [6.45, 7) is 4.61. The van der Waals surface area contributed by atoms with Crippen molar-refractivity contribution in [1.29, 1.82) is 0 Å². The molecule has 0 spiro atoms. The lowest BCUT2D eigenvalue weighted by molar-refractivity contribution is -0.120. The van der Waals surface area contributed by atoms with Crippen LogP contribution in [-0.4, -0.2) is 36.9 Å². The number of ketones is 1. The van der Waals surface area contributed by atoms with Gasteiger partial charge in [-0.1, -0.05) is 19.8 Å². The van der Waals surface area contributed by atoms with Gasteiger partial charge in [-0.25, -0.2) is 0 Å². The molecule has 130 valence electrons. The predicted octanol–water partition coefficient (Wildman–Crippen LogP) is 2.93. The first kappa shape index (κ1) is 16.8. The summed E-state index contributed by atoms with van der Waals surface area (Å²) in [6, 6.07) is 5.79. The number of anilines is 1. The van der Waals surface area contributed by atoms with Crippen LogP contribution in [0.3, 0.4) is 0 Å². The molecule has 1 amide bonds. The number of nitrogens with zero attached hydrogens (tertiary/aromatic N) is 1. The van der Waals surface area contributed by atoms with Gasteiger partial charge >= 0.3 is 0 Å². The second-order valence-electron chi connectivity index (χ2n) is 6.82. The van der Waals surface area contributed by atoms with Crippen molar-refractivity contribution >= 4 is 17.4 Å². The molecule has 0 radical (unpaired) electrons. The molecule has 1 atom stereocenters. The zero-order valence-electron chi connectivity index (χ0n) is 14.5. The van der Waals surface area contributed by atoms with E-state index in [0.29, 0.717) is 24.7 Å². The second-order valence-corrected chi connectivity index (χ2v) is 6.82. The monoisotopic (exact) mass is 330 g/mol. The number of ether oxygens (including phenoxy) is 1. The van der Waals surface area contributed by atoms with E-state index in [1.807, 2.05) is 17.0 Å². The molecule has 1 unspecified atom stereocenters. The first-order valence-electron chi connectivity index (χ1n) is 8.92. The maximum atomic E-state index is 12.4. The van der Waals surface area contributed by atoms with E-state index in [0.717, 1.165) is 30.7 Å².